The van der Waals surface area contributed by atoms with E-state index in [9.17, 15) is 0 Å². The molecule has 0 aliphatic heterocycles. The average molecular weight is 261 g/mol. The van der Waals surface area contributed by atoms with Crippen molar-refractivity contribution in [3.63, 3.8) is 0 Å². The highest BCUT2D eigenvalue weighted by molar-refractivity contribution is 6.30. The van der Waals surface area contributed by atoms with Crippen molar-refractivity contribution in [3.8, 4) is 0 Å². The number of nitrogens with one attached hydrogen (secondary N) is 1. The zero-order valence-corrected chi connectivity index (χ0v) is 11.5. The van der Waals surface area contributed by atoms with E-state index in [1.807, 2.05) is 30.6 Å². The summed E-state index contributed by atoms with van der Waals surface area (Å²) in [4.78, 5) is 4.14. The lowest BCUT2D eigenvalue weighted by Crippen LogP contribution is -2.14. The van der Waals surface area contributed by atoms with Crippen LogP contribution in [0.2, 0.25) is 5.02 Å². The third-order valence-electron chi connectivity index (χ3n) is 3.08. The van der Waals surface area contributed by atoms with Crippen molar-refractivity contribution < 1.29 is 0 Å². The van der Waals surface area contributed by atoms with Crippen LogP contribution < -0.4 is 5.32 Å². The van der Waals surface area contributed by atoms with E-state index in [0.717, 1.165) is 18.1 Å². The van der Waals surface area contributed by atoms with E-state index >= 15 is 0 Å². The summed E-state index contributed by atoms with van der Waals surface area (Å²) >= 11 is 5.94. The van der Waals surface area contributed by atoms with Crippen molar-refractivity contribution >= 4 is 11.6 Å². The number of aryl methyl sites for hydroxylation is 2. The molecular weight excluding hydrogens is 244 g/mol. The number of halogens is 1. The molecule has 1 heterocycles. The molecule has 3 heteroatoms. The molecule has 1 N–H and O–H groups in total. The monoisotopic (exact) mass is 260 g/mol. The summed E-state index contributed by atoms with van der Waals surface area (Å²) in [6.45, 7) is 5.86. The first-order chi connectivity index (χ1) is 8.66. The van der Waals surface area contributed by atoms with Crippen LogP contribution in [-0.4, -0.2) is 4.98 Å². The van der Waals surface area contributed by atoms with Gasteiger partial charge in [0.15, 0.2) is 0 Å². The van der Waals surface area contributed by atoms with E-state index < -0.39 is 0 Å². The van der Waals surface area contributed by atoms with Gasteiger partial charge in [-0.3, -0.25) is 4.98 Å². The average Bonchev–Trinajstić information content (AvgIpc) is 2.34. The molecule has 0 saturated carbocycles. The maximum atomic E-state index is 5.94. The van der Waals surface area contributed by atoms with Crippen LogP contribution in [-0.2, 0) is 13.1 Å². The van der Waals surface area contributed by atoms with Gasteiger partial charge in [-0.05, 0) is 54.3 Å². The molecule has 0 aliphatic rings. The Kier molecular flexibility index (Phi) is 4.34. The van der Waals surface area contributed by atoms with Gasteiger partial charge in [0.05, 0.1) is 0 Å². The van der Waals surface area contributed by atoms with Crippen LogP contribution in [0.1, 0.15) is 22.3 Å². The largest absolute Gasteiger partial charge is 0.309 e. The third-order valence-corrected chi connectivity index (χ3v) is 3.32. The molecule has 2 nitrogen and oxygen atoms in total. The zero-order valence-electron chi connectivity index (χ0n) is 10.7. The molecule has 0 atom stereocenters. The Morgan fingerprint density at radius 1 is 1.06 bits per heavy atom. The maximum Gasteiger partial charge on any atom is 0.0408 e. The molecule has 2 rings (SSSR count). The standard InChI is InChI=1S/C15H17ClN2/c1-11-5-6-17-9-14(11)10-18-8-13-3-4-15(16)7-12(13)2/h3-7,9,18H,8,10H2,1-2H3. The summed E-state index contributed by atoms with van der Waals surface area (Å²) in [5.74, 6) is 0. The summed E-state index contributed by atoms with van der Waals surface area (Å²) in [7, 11) is 0. The Hall–Kier alpha value is -1.38. The Balaban J connectivity index is 1.95. The molecule has 0 radical (unpaired) electrons. The number of hydrogen-bond acceptors (Lipinski definition) is 2. The summed E-state index contributed by atoms with van der Waals surface area (Å²) in [6, 6.07) is 8.03. The highest BCUT2D eigenvalue weighted by Gasteiger charge is 2.00. The topological polar surface area (TPSA) is 24.9 Å². The smallest absolute Gasteiger partial charge is 0.0408 e. The van der Waals surface area contributed by atoms with Crippen molar-refractivity contribution in [2.24, 2.45) is 0 Å². The molecule has 0 amide bonds. The second-order valence-corrected chi connectivity index (χ2v) is 4.91. The molecule has 1 aromatic heterocycles. The molecular formula is C15H17ClN2. The summed E-state index contributed by atoms with van der Waals surface area (Å²) in [5.41, 5.74) is 5.01. The van der Waals surface area contributed by atoms with Crippen LogP contribution in [0.4, 0.5) is 0 Å². The first-order valence-electron chi connectivity index (χ1n) is 6.02. The highest BCUT2D eigenvalue weighted by atomic mass is 35.5. The maximum absolute atomic E-state index is 5.94. The fourth-order valence-electron chi connectivity index (χ4n) is 1.87. The van der Waals surface area contributed by atoms with Gasteiger partial charge in [-0.1, -0.05) is 17.7 Å². The number of rotatable bonds is 4. The van der Waals surface area contributed by atoms with Gasteiger partial charge in [0.2, 0.25) is 0 Å². The van der Waals surface area contributed by atoms with Crippen molar-refractivity contribution in [3.05, 3.63) is 63.9 Å². The highest BCUT2D eigenvalue weighted by Crippen LogP contribution is 2.15. The predicted molar refractivity (Wildman–Crippen MR) is 75.7 cm³/mol. The van der Waals surface area contributed by atoms with Gasteiger partial charge in [0.25, 0.3) is 0 Å². The van der Waals surface area contributed by atoms with E-state index in [2.05, 4.69) is 30.2 Å². The molecule has 0 spiro atoms. The molecule has 2 aromatic rings. The quantitative estimate of drug-likeness (QED) is 0.908. The predicted octanol–water partition coefficient (Wildman–Crippen LogP) is 3.64. The van der Waals surface area contributed by atoms with E-state index in [4.69, 9.17) is 11.6 Å². The van der Waals surface area contributed by atoms with Crippen LogP contribution in [0.15, 0.2) is 36.7 Å². The molecule has 0 unspecified atom stereocenters. The SMILES string of the molecule is Cc1cc(Cl)ccc1CNCc1cnccc1C. The summed E-state index contributed by atoms with van der Waals surface area (Å²) in [6.07, 6.45) is 3.74. The second kappa shape index (κ2) is 5.98. The molecule has 1 aromatic carbocycles. The van der Waals surface area contributed by atoms with E-state index in [1.54, 1.807) is 0 Å². The Morgan fingerprint density at radius 3 is 2.56 bits per heavy atom. The zero-order chi connectivity index (χ0) is 13.0. The van der Waals surface area contributed by atoms with E-state index in [-0.39, 0.29) is 0 Å². The lowest BCUT2D eigenvalue weighted by Gasteiger charge is -2.09. The van der Waals surface area contributed by atoms with E-state index in [0.29, 0.717) is 0 Å². The second-order valence-electron chi connectivity index (χ2n) is 4.48. The van der Waals surface area contributed by atoms with Gasteiger partial charge < -0.3 is 5.32 Å². The van der Waals surface area contributed by atoms with Crippen molar-refractivity contribution in [2.45, 2.75) is 26.9 Å². The molecule has 0 bridgehead atoms. The minimum absolute atomic E-state index is 0.791. The summed E-state index contributed by atoms with van der Waals surface area (Å²) < 4.78 is 0. The van der Waals surface area contributed by atoms with Gasteiger partial charge in [-0.15, -0.1) is 0 Å². The van der Waals surface area contributed by atoms with E-state index in [1.165, 1.54) is 22.3 Å². The Bertz CT molecular complexity index is 538. The number of benzene rings is 1. The first-order valence-corrected chi connectivity index (χ1v) is 6.40. The minimum Gasteiger partial charge on any atom is -0.309 e. The Morgan fingerprint density at radius 2 is 1.83 bits per heavy atom. The minimum atomic E-state index is 0.791. The van der Waals surface area contributed by atoms with Crippen molar-refractivity contribution in [1.82, 2.24) is 10.3 Å². The van der Waals surface area contributed by atoms with Gasteiger partial charge in [0, 0.05) is 30.5 Å². The van der Waals surface area contributed by atoms with Crippen LogP contribution in [0.5, 0.6) is 0 Å². The van der Waals surface area contributed by atoms with Crippen molar-refractivity contribution in [2.75, 3.05) is 0 Å². The molecule has 0 fully saturated rings. The van der Waals surface area contributed by atoms with Gasteiger partial charge in [-0.25, -0.2) is 0 Å². The van der Waals surface area contributed by atoms with Crippen LogP contribution in [0.3, 0.4) is 0 Å². The Labute approximate surface area is 113 Å². The first kappa shape index (κ1) is 13.1. The van der Waals surface area contributed by atoms with Crippen LogP contribution >= 0.6 is 11.6 Å². The van der Waals surface area contributed by atoms with Crippen molar-refractivity contribution in [1.29, 1.82) is 0 Å². The van der Waals surface area contributed by atoms with Crippen LogP contribution in [0, 0.1) is 13.8 Å². The molecule has 94 valence electrons. The van der Waals surface area contributed by atoms with Gasteiger partial charge in [-0.2, -0.15) is 0 Å². The fourth-order valence-corrected chi connectivity index (χ4v) is 2.10. The number of hydrogen-bond donors (Lipinski definition) is 1. The lowest BCUT2D eigenvalue weighted by atomic mass is 10.1. The van der Waals surface area contributed by atoms with Crippen LogP contribution in [0.25, 0.3) is 0 Å². The van der Waals surface area contributed by atoms with Gasteiger partial charge >= 0.3 is 0 Å². The molecule has 0 aliphatic carbocycles. The lowest BCUT2D eigenvalue weighted by molar-refractivity contribution is 0.686. The molecule has 0 saturated heterocycles. The normalized spacial score (nSPS) is 10.6. The number of aromatic nitrogens is 1. The van der Waals surface area contributed by atoms with Gasteiger partial charge in [0.1, 0.15) is 0 Å². The number of pyridine rings is 1. The fraction of sp³-hybridized carbons (Fsp3) is 0.267. The third kappa shape index (κ3) is 3.31. The molecule has 18 heavy (non-hydrogen) atoms. The number of nitrogens with zero attached hydrogens (tertiary/aromatic N) is 1. The summed E-state index contributed by atoms with van der Waals surface area (Å²) in [5, 5.41) is 4.23.